The molecule has 1 aliphatic heterocycles. The van der Waals surface area contributed by atoms with Crippen molar-refractivity contribution in [1.29, 1.82) is 0 Å². The lowest BCUT2D eigenvalue weighted by molar-refractivity contribution is -0.152. The summed E-state index contributed by atoms with van der Waals surface area (Å²) in [6, 6.07) is -0.364. The minimum absolute atomic E-state index is 0.0134. The van der Waals surface area contributed by atoms with Gasteiger partial charge in [0.2, 0.25) is 11.8 Å². The maximum atomic E-state index is 12.7. The molecule has 2 unspecified atom stereocenters. The van der Waals surface area contributed by atoms with Crippen LogP contribution in [-0.2, 0) is 9.59 Å². The van der Waals surface area contributed by atoms with Crippen LogP contribution in [0.2, 0.25) is 0 Å². The smallest absolute Gasteiger partial charge is 0.246 e. The first-order valence-electron chi connectivity index (χ1n) is 8.13. The second kappa shape index (κ2) is 6.59. The molecular weight excluding hydrogens is 252 g/mol. The van der Waals surface area contributed by atoms with Crippen LogP contribution in [0.5, 0.6) is 0 Å². The standard InChI is InChI=1S/C16H28N2O2/c1-11(2)10-14-16(20)18(12(3)15(19)17-14)13-8-6-4-5-7-9-13/h11-14H,4-10H2,1-3H3,(H,17,19). The molecule has 0 radical (unpaired) electrons. The van der Waals surface area contributed by atoms with E-state index >= 15 is 0 Å². The van der Waals surface area contributed by atoms with E-state index in [9.17, 15) is 9.59 Å². The third-order valence-electron chi connectivity index (χ3n) is 4.59. The highest BCUT2D eigenvalue weighted by Crippen LogP contribution is 2.26. The molecule has 2 rings (SSSR count). The fraction of sp³-hybridized carbons (Fsp3) is 0.875. The van der Waals surface area contributed by atoms with Gasteiger partial charge in [-0.3, -0.25) is 9.59 Å². The lowest BCUT2D eigenvalue weighted by atomic mass is 9.95. The van der Waals surface area contributed by atoms with E-state index in [1.165, 1.54) is 25.7 Å². The first-order valence-corrected chi connectivity index (χ1v) is 8.13. The Morgan fingerprint density at radius 3 is 2.30 bits per heavy atom. The third-order valence-corrected chi connectivity index (χ3v) is 4.59. The van der Waals surface area contributed by atoms with Crippen molar-refractivity contribution in [2.75, 3.05) is 0 Å². The maximum Gasteiger partial charge on any atom is 0.246 e. The second-order valence-electron chi connectivity index (χ2n) is 6.76. The summed E-state index contributed by atoms with van der Waals surface area (Å²) in [5, 5.41) is 2.90. The zero-order chi connectivity index (χ0) is 14.7. The number of hydrogen-bond donors (Lipinski definition) is 1. The summed E-state index contributed by atoms with van der Waals surface area (Å²) in [5.41, 5.74) is 0. The van der Waals surface area contributed by atoms with Crippen LogP contribution in [0.25, 0.3) is 0 Å². The van der Waals surface area contributed by atoms with Gasteiger partial charge in [-0.2, -0.15) is 0 Å². The van der Waals surface area contributed by atoms with Crippen LogP contribution in [0.1, 0.15) is 65.7 Å². The van der Waals surface area contributed by atoms with E-state index < -0.39 is 0 Å². The van der Waals surface area contributed by atoms with Gasteiger partial charge in [0.05, 0.1) is 0 Å². The molecule has 1 aliphatic carbocycles. The number of piperazine rings is 1. The van der Waals surface area contributed by atoms with E-state index in [1.54, 1.807) is 0 Å². The monoisotopic (exact) mass is 280 g/mol. The fourth-order valence-electron chi connectivity index (χ4n) is 3.51. The highest BCUT2D eigenvalue weighted by Gasteiger charge is 2.41. The highest BCUT2D eigenvalue weighted by molar-refractivity contribution is 5.96. The predicted molar refractivity (Wildman–Crippen MR) is 79.2 cm³/mol. The van der Waals surface area contributed by atoms with Gasteiger partial charge in [-0.05, 0) is 32.1 Å². The van der Waals surface area contributed by atoms with Crippen LogP contribution in [0, 0.1) is 5.92 Å². The molecule has 1 N–H and O–H groups in total. The molecule has 4 nitrogen and oxygen atoms in total. The molecule has 2 atom stereocenters. The molecule has 0 aromatic heterocycles. The molecule has 2 amide bonds. The Morgan fingerprint density at radius 2 is 1.75 bits per heavy atom. The van der Waals surface area contributed by atoms with Gasteiger partial charge in [0, 0.05) is 6.04 Å². The van der Waals surface area contributed by atoms with Gasteiger partial charge in [-0.25, -0.2) is 0 Å². The topological polar surface area (TPSA) is 49.4 Å². The molecule has 0 aromatic rings. The molecule has 4 heteroatoms. The van der Waals surface area contributed by atoms with Gasteiger partial charge in [0.1, 0.15) is 12.1 Å². The molecule has 0 spiro atoms. The number of amides is 2. The molecule has 2 fully saturated rings. The van der Waals surface area contributed by atoms with Crippen molar-refractivity contribution < 1.29 is 9.59 Å². The molecule has 1 saturated carbocycles. The Balaban J connectivity index is 2.14. The number of rotatable bonds is 3. The summed E-state index contributed by atoms with van der Waals surface area (Å²) in [5.74, 6) is 0.561. The van der Waals surface area contributed by atoms with Crippen molar-refractivity contribution in [1.82, 2.24) is 10.2 Å². The Hall–Kier alpha value is -1.06. The quantitative estimate of drug-likeness (QED) is 0.807. The van der Waals surface area contributed by atoms with Crippen molar-refractivity contribution >= 4 is 11.8 Å². The zero-order valence-electron chi connectivity index (χ0n) is 13.0. The first kappa shape index (κ1) is 15.3. The number of nitrogens with zero attached hydrogens (tertiary/aromatic N) is 1. The van der Waals surface area contributed by atoms with Crippen molar-refractivity contribution in [3.05, 3.63) is 0 Å². The summed E-state index contributed by atoms with van der Waals surface area (Å²) in [4.78, 5) is 26.8. The van der Waals surface area contributed by atoms with Crippen molar-refractivity contribution in [2.24, 2.45) is 5.92 Å². The Bertz CT molecular complexity index is 359. The number of carbonyl (C=O) groups is 2. The van der Waals surface area contributed by atoms with E-state index in [0.717, 1.165) is 19.3 Å². The predicted octanol–water partition coefficient (Wildman–Crippen LogP) is 2.47. The van der Waals surface area contributed by atoms with Crippen LogP contribution >= 0.6 is 0 Å². The Morgan fingerprint density at radius 1 is 1.15 bits per heavy atom. The molecule has 20 heavy (non-hydrogen) atoms. The summed E-state index contributed by atoms with van der Waals surface area (Å²) >= 11 is 0. The van der Waals surface area contributed by atoms with E-state index in [4.69, 9.17) is 0 Å². The normalized spacial score (nSPS) is 29.5. The molecule has 114 valence electrons. The fourth-order valence-corrected chi connectivity index (χ4v) is 3.51. The van der Waals surface area contributed by atoms with E-state index in [2.05, 4.69) is 19.2 Å². The molecule has 1 saturated heterocycles. The molecule has 0 bridgehead atoms. The van der Waals surface area contributed by atoms with Gasteiger partial charge in [0.15, 0.2) is 0 Å². The lowest BCUT2D eigenvalue weighted by Crippen LogP contribution is -2.65. The van der Waals surface area contributed by atoms with Crippen molar-refractivity contribution in [2.45, 2.75) is 83.8 Å². The highest BCUT2D eigenvalue weighted by atomic mass is 16.2. The number of nitrogens with one attached hydrogen (secondary N) is 1. The minimum atomic E-state index is -0.318. The summed E-state index contributed by atoms with van der Waals surface area (Å²) in [7, 11) is 0. The molecule has 0 aromatic carbocycles. The summed E-state index contributed by atoms with van der Waals surface area (Å²) < 4.78 is 0. The summed E-state index contributed by atoms with van der Waals surface area (Å²) in [6.45, 7) is 6.05. The largest absolute Gasteiger partial charge is 0.343 e. The van der Waals surface area contributed by atoms with Crippen LogP contribution in [-0.4, -0.2) is 34.8 Å². The summed E-state index contributed by atoms with van der Waals surface area (Å²) in [6.07, 6.45) is 7.72. The first-order chi connectivity index (χ1) is 9.50. The Kier molecular flexibility index (Phi) is 5.06. The number of carbonyl (C=O) groups excluding carboxylic acids is 2. The van der Waals surface area contributed by atoms with Crippen molar-refractivity contribution in [3.8, 4) is 0 Å². The van der Waals surface area contributed by atoms with Gasteiger partial charge < -0.3 is 10.2 Å². The molecule has 1 heterocycles. The van der Waals surface area contributed by atoms with E-state index in [0.29, 0.717) is 5.92 Å². The third kappa shape index (κ3) is 3.33. The van der Waals surface area contributed by atoms with Crippen LogP contribution in [0.3, 0.4) is 0 Å². The van der Waals surface area contributed by atoms with E-state index in [-0.39, 0.29) is 29.9 Å². The SMILES string of the molecule is CC(C)CC1NC(=O)C(C)N(C2CCCCCC2)C1=O. The maximum absolute atomic E-state index is 12.7. The van der Waals surface area contributed by atoms with Crippen LogP contribution < -0.4 is 5.32 Å². The zero-order valence-corrected chi connectivity index (χ0v) is 13.0. The Labute approximate surface area is 122 Å². The average molecular weight is 280 g/mol. The van der Waals surface area contributed by atoms with Gasteiger partial charge >= 0.3 is 0 Å². The number of hydrogen-bond acceptors (Lipinski definition) is 2. The van der Waals surface area contributed by atoms with Gasteiger partial charge in [-0.1, -0.05) is 39.5 Å². The van der Waals surface area contributed by atoms with Crippen molar-refractivity contribution in [3.63, 3.8) is 0 Å². The van der Waals surface area contributed by atoms with Gasteiger partial charge in [-0.15, -0.1) is 0 Å². The van der Waals surface area contributed by atoms with E-state index in [1.807, 2.05) is 11.8 Å². The average Bonchev–Trinajstić information content (AvgIpc) is 2.65. The molecule has 2 aliphatic rings. The minimum Gasteiger partial charge on any atom is -0.343 e. The lowest BCUT2D eigenvalue weighted by Gasteiger charge is -2.42. The molecular formula is C16H28N2O2. The van der Waals surface area contributed by atoms with Crippen LogP contribution in [0.4, 0.5) is 0 Å². The van der Waals surface area contributed by atoms with Gasteiger partial charge in [0.25, 0.3) is 0 Å². The second-order valence-corrected chi connectivity index (χ2v) is 6.76. The van der Waals surface area contributed by atoms with Crippen LogP contribution in [0.15, 0.2) is 0 Å².